The summed E-state index contributed by atoms with van der Waals surface area (Å²) in [5.74, 6) is 1.57. The molecule has 1 saturated carbocycles. The molecular weight excluding hydrogens is 318 g/mol. The zero-order valence-electron chi connectivity index (χ0n) is 16.2. The Morgan fingerprint density at radius 1 is 1.16 bits per heavy atom. The smallest absolute Gasteiger partial charge is 0.407 e. The van der Waals surface area contributed by atoms with Gasteiger partial charge in [-0.3, -0.25) is 0 Å². The zero-order chi connectivity index (χ0) is 18.6. The minimum Gasteiger partial charge on any atom is -0.444 e. The molecule has 140 valence electrons. The average Bonchev–Trinajstić information content (AvgIpc) is 2.46. The molecule has 1 aromatic heterocycles. The van der Waals surface area contributed by atoms with Crippen LogP contribution in [0.25, 0.3) is 0 Å². The number of hydrogen-bond acceptors (Lipinski definition) is 6. The lowest BCUT2D eigenvalue weighted by Crippen LogP contribution is -2.42. The molecule has 7 nitrogen and oxygen atoms in total. The van der Waals surface area contributed by atoms with Crippen molar-refractivity contribution < 1.29 is 9.53 Å². The lowest BCUT2D eigenvalue weighted by Gasteiger charge is -2.30. The second kappa shape index (κ2) is 7.89. The number of carbonyl (C=O) groups excluding carboxylic acids is 1. The van der Waals surface area contributed by atoms with Crippen LogP contribution >= 0.6 is 0 Å². The molecule has 1 amide bonds. The van der Waals surface area contributed by atoms with Crippen LogP contribution in [0.1, 0.15) is 52.1 Å². The first-order chi connectivity index (χ1) is 11.6. The minimum atomic E-state index is -0.463. The van der Waals surface area contributed by atoms with E-state index >= 15 is 0 Å². The van der Waals surface area contributed by atoms with Gasteiger partial charge in [0.2, 0.25) is 5.95 Å². The summed E-state index contributed by atoms with van der Waals surface area (Å²) >= 11 is 0. The number of carbonyl (C=O) groups is 1. The molecule has 0 aromatic carbocycles. The average molecular weight is 349 g/mol. The summed E-state index contributed by atoms with van der Waals surface area (Å²) in [6.07, 6.45) is 3.44. The molecular formula is C18H31N5O2. The van der Waals surface area contributed by atoms with Crippen molar-refractivity contribution in [2.75, 3.05) is 24.3 Å². The summed E-state index contributed by atoms with van der Waals surface area (Å²) in [6.45, 7) is 7.59. The number of hydrogen-bond donors (Lipinski definition) is 2. The Balaban J connectivity index is 1.84. The van der Waals surface area contributed by atoms with Crippen molar-refractivity contribution in [1.29, 1.82) is 0 Å². The van der Waals surface area contributed by atoms with Crippen molar-refractivity contribution in [2.24, 2.45) is 0 Å². The molecule has 1 aliphatic rings. The second-order valence-electron chi connectivity index (χ2n) is 7.92. The van der Waals surface area contributed by atoms with Gasteiger partial charge >= 0.3 is 6.09 Å². The van der Waals surface area contributed by atoms with E-state index in [1.54, 1.807) is 0 Å². The molecule has 0 bridgehead atoms. The van der Waals surface area contributed by atoms with Crippen LogP contribution in [0.4, 0.5) is 16.6 Å². The maximum Gasteiger partial charge on any atom is 0.407 e. The van der Waals surface area contributed by atoms with E-state index in [2.05, 4.69) is 20.6 Å². The van der Waals surface area contributed by atoms with E-state index in [0.29, 0.717) is 12.0 Å². The van der Waals surface area contributed by atoms with Gasteiger partial charge in [0.1, 0.15) is 11.4 Å². The summed E-state index contributed by atoms with van der Waals surface area (Å²) in [6, 6.07) is 2.46. The number of alkyl carbamates (subject to hydrolysis) is 1. The molecule has 1 aromatic rings. The molecule has 7 heteroatoms. The predicted molar refractivity (Wildman–Crippen MR) is 100 cm³/mol. The third kappa shape index (κ3) is 6.40. The van der Waals surface area contributed by atoms with Gasteiger partial charge in [-0.05, 0) is 53.4 Å². The molecule has 0 spiro atoms. The Hall–Kier alpha value is -2.05. The number of ether oxygens (including phenoxy) is 1. The summed E-state index contributed by atoms with van der Waals surface area (Å²) in [7, 11) is 3.94. The Morgan fingerprint density at radius 3 is 2.32 bits per heavy atom. The molecule has 2 N–H and O–H groups in total. The Kier molecular flexibility index (Phi) is 6.08. The molecule has 0 unspecified atom stereocenters. The van der Waals surface area contributed by atoms with E-state index in [9.17, 15) is 4.79 Å². The topological polar surface area (TPSA) is 79.4 Å². The number of amides is 1. The standard InChI is InChI=1S/C18H31N5O2/c1-12-11-15(23(5)6)22-16(19-12)20-13-7-9-14(10-8-13)21-17(24)25-18(2,3)4/h11,13-14H,7-10H2,1-6H3,(H,21,24)(H,19,20,22)/t13-,14+. The fourth-order valence-electron chi connectivity index (χ4n) is 2.88. The van der Waals surface area contributed by atoms with Crippen molar-refractivity contribution in [3.8, 4) is 0 Å². The van der Waals surface area contributed by atoms with Crippen molar-refractivity contribution in [3.05, 3.63) is 11.8 Å². The van der Waals surface area contributed by atoms with E-state index in [1.165, 1.54) is 0 Å². The first-order valence-corrected chi connectivity index (χ1v) is 8.91. The summed E-state index contributed by atoms with van der Waals surface area (Å²) in [5.41, 5.74) is 0.483. The van der Waals surface area contributed by atoms with Gasteiger partial charge in [0.15, 0.2) is 0 Å². The number of nitrogens with zero attached hydrogens (tertiary/aromatic N) is 3. The molecule has 1 aliphatic carbocycles. The van der Waals surface area contributed by atoms with Crippen LogP contribution in [0.15, 0.2) is 6.07 Å². The van der Waals surface area contributed by atoms with Crippen LogP contribution in [0.3, 0.4) is 0 Å². The van der Waals surface area contributed by atoms with Crippen LogP contribution < -0.4 is 15.5 Å². The third-order valence-corrected chi connectivity index (χ3v) is 4.08. The van der Waals surface area contributed by atoms with E-state index in [1.807, 2.05) is 52.8 Å². The summed E-state index contributed by atoms with van der Waals surface area (Å²) in [4.78, 5) is 22.9. The van der Waals surface area contributed by atoms with E-state index in [4.69, 9.17) is 4.74 Å². The van der Waals surface area contributed by atoms with Gasteiger partial charge in [-0.2, -0.15) is 4.98 Å². The highest BCUT2D eigenvalue weighted by molar-refractivity contribution is 5.68. The van der Waals surface area contributed by atoms with E-state index in [0.717, 1.165) is 37.2 Å². The Morgan fingerprint density at radius 2 is 1.76 bits per heavy atom. The van der Waals surface area contributed by atoms with Crippen LogP contribution in [0, 0.1) is 6.92 Å². The highest BCUT2D eigenvalue weighted by Gasteiger charge is 2.25. The van der Waals surface area contributed by atoms with E-state index in [-0.39, 0.29) is 12.1 Å². The largest absolute Gasteiger partial charge is 0.444 e. The number of aryl methyl sites for hydroxylation is 1. The first kappa shape index (κ1) is 19.3. The van der Waals surface area contributed by atoms with Gasteiger partial charge in [-0.1, -0.05) is 0 Å². The molecule has 0 atom stereocenters. The van der Waals surface area contributed by atoms with Gasteiger partial charge < -0.3 is 20.3 Å². The molecule has 0 aliphatic heterocycles. The van der Waals surface area contributed by atoms with Gasteiger partial charge in [-0.15, -0.1) is 0 Å². The summed E-state index contributed by atoms with van der Waals surface area (Å²) < 4.78 is 5.32. The maximum atomic E-state index is 11.9. The van der Waals surface area contributed by atoms with Crippen molar-refractivity contribution in [2.45, 2.75) is 71.1 Å². The number of anilines is 2. The zero-order valence-corrected chi connectivity index (χ0v) is 16.2. The quantitative estimate of drug-likeness (QED) is 0.869. The number of aromatic nitrogens is 2. The lowest BCUT2D eigenvalue weighted by atomic mass is 9.91. The number of rotatable bonds is 4. The molecule has 25 heavy (non-hydrogen) atoms. The fraction of sp³-hybridized carbons (Fsp3) is 0.722. The van der Waals surface area contributed by atoms with Gasteiger partial charge in [0.05, 0.1) is 0 Å². The van der Waals surface area contributed by atoms with Gasteiger partial charge in [0, 0.05) is 37.9 Å². The van der Waals surface area contributed by atoms with Gasteiger partial charge in [-0.25, -0.2) is 9.78 Å². The lowest BCUT2D eigenvalue weighted by molar-refractivity contribution is 0.0492. The maximum absolute atomic E-state index is 11.9. The van der Waals surface area contributed by atoms with Crippen molar-refractivity contribution in [1.82, 2.24) is 15.3 Å². The number of nitrogens with one attached hydrogen (secondary N) is 2. The Labute approximate surface area is 150 Å². The molecule has 0 saturated heterocycles. The molecule has 1 fully saturated rings. The van der Waals surface area contributed by atoms with Crippen LogP contribution in [-0.4, -0.2) is 47.8 Å². The van der Waals surface area contributed by atoms with Crippen LogP contribution in [0.2, 0.25) is 0 Å². The summed E-state index contributed by atoms with van der Waals surface area (Å²) in [5, 5.41) is 6.40. The molecule has 1 heterocycles. The predicted octanol–water partition coefficient (Wildman–Crippen LogP) is 3.10. The second-order valence-corrected chi connectivity index (χ2v) is 7.92. The van der Waals surface area contributed by atoms with Crippen LogP contribution in [0.5, 0.6) is 0 Å². The molecule has 2 rings (SSSR count). The highest BCUT2D eigenvalue weighted by atomic mass is 16.6. The van der Waals surface area contributed by atoms with E-state index < -0.39 is 5.60 Å². The monoisotopic (exact) mass is 349 g/mol. The first-order valence-electron chi connectivity index (χ1n) is 8.91. The molecule has 0 radical (unpaired) electrons. The highest BCUT2D eigenvalue weighted by Crippen LogP contribution is 2.22. The van der Waals surface area contributed by atoms with Crippen molar-refractivity contribution >= 4 is 17.9 Å². The fourth-order valence-corrected chi connectivity index (χ4v) is 2.88. The third-order valence-electron chi connectivity index (χ3n) is 4.08. The Bertz CT molecular complexity index is 590. The SMILES string of the molecule is Cc1cc(N(C)C)nc(N[C@H]2CC[C@@H](NC(=O)OC(C)(C)C)CC2)n1. The van der Waals surface area contributed by atoms with Crippen LogP contribution in [-0.2, 0) is 4.74 Å². The minimum absolute atomic E-state index is 0.170. The van der Waals surface area contributed by atoms with Crippen molar-refractivity contribution in [3.63, 3.8) is 0 Å². The van der Waals surface area contributed by atoms with Gasteiger partial charge in [0.25, 0.3) is 0 Å². The normalized spacial score (nSPS) is 20.7.